The quantitative estimate of drug-likeness (QED) is 0.205. The number of carboxylic acid groups (broad SMARTS) is 3. The Morgan fingerprint density at radius 2 is 0.952 bits per heavy atom. The van der Waals surface area contributed by atoms with Crippen LogP contribution in [-0.4, -0.2) is 33.2 Å². The Labute approximate surface area is 257 Å². The minimum Gasteiger partial charge on any atom is -0.478 e. The third-order valence-electron chi connectivity index (χ3n) is 6.19. The van der Waals surface area contributed by atoms with Gasteiger partial charge in [-0.15, -0.1) is 0 Å². The van der Waals surface area contributed by atoms with Gasteiger partial charge in [-0.1, -0.05) is 39.0 Å². The molecule has 0 aliphatic heterocycles. The van der Waals surface area contributed by atoms with Gasteiger partial charge in [0.05, 0.1) is 16.7 Å². The molecular weight excluding hydrogens is 585 g/mol. The first-order chi connectivity index (χ1) is 19.4. The van der Waals surface area contributed by atoms with Gasteiger partial charge in [0.15, 0.2) is 0 Å². The van der Waals surface area contributed by atoms with E-state index in [1.54, 1.807) is 11.1 Å². The van der Waals surface area contributed by atoms with Gasteiger partial charge in [0.1, 0.15) is 17.5 Å². The maximum Gasteiger partial charge on any atom is 0.335 e. The molecule has 0 amide bonds. The van der Waals surface area contributed by atoms with Crippen LogP contribution in [0.25, 0.3) is 0 Å². The van der Waals surface area contributed by atoms with Crippen molar-refractivity contribution < 1.29 is 64.6 Å². The van der Waals surface area contributed by atoms with Crippen LogP contribution in [0, 0.1) is 29.4 Å². The summed E-state index contributed by atoms with van der Waals surface area (Å²) in [6.45, 7) is 4.49. The molecule has 0 saturated carbocycles. The van der Waals surface area contributed by atoms with Gasteiger partial charge in [0.2, 0.25) is 0 Å². The number of carboxylic acids is 3. The fourth-order valence-corrected chi connectivity index (χ4v) is 4.11. The van der Waals surface area contributed by atoms with Crippen LogP contribution >= 0.6 is 0 Å². The molecule has 1 unspecified atom stereocenters. The Morgan fingerprint density at radius 1 is 0.643 bits per heavy atom. The van der Waals surface area contributed by atoms with Crippen LogP contribution in [0.1, 0.15) is 70.6 Å². The Bertz CT molecular complexity index is 1270. The maximum absolute atomic E-state index is 12.2. The van der Waals surface area contributed by atoms with Crippen LogP contribution in [0.15, 0.2) is 89.5 Å². The van der Waals surface area contributed by atoms with E-state index < -0.39 is 35.4 Å². The molecule has 0 heterocycles. The van der Waals surface area contributed by atoms with E-state index in [2.05, 4.69) is 19.9 Å². The van der Waals surface area contributed by atoms with Gasteiger partial charge in [0.25, 0.3) is 0 Å². The van der Waals surface area contributed by atoms with E-state index in [4.69, 9.17) is 15.3 Å². The molecular formula is C32H30F3O6Ti-. The molecule has 0 spiro atoms. The molecule has 3 aromatic rings. The van der Waals surface area contributed by atoms with E-state index in [1.165, 1.54) is 67.7 Å². The second-order valence-electron chi connectivity index (χ2n) is 9.14. The van der Waals surface area contributed by atoms with Crippen molar-refractivity contribution in [3.8, 4) is 0 Å². The predicted molar refractivity (Wildman–Crippen MR) is 147 cm³/mol. The van der Waals surface area contributed by atoms with E-state index >= 15 is 0 Å². The Morgan fingerprint density at radius 3 is 1.24 bits per heavy atom. The third-order valence-corrected chi connectivity index (χ3v) is 6.19. The van der Waals surface area contributed by atoms with E-state index in [0.29, 0.717) is 5.92 Å². The molecule has 2 aliphatic carbocycles. The smallest absolute Gasteiger partial charge is 0.335 e. The summed E-state index contributed by atoms with van der Waals surface area (Å²) >= 11 is 0. The normalized spacial score (nSPS) is 14.6. The fraction of sp³-hybridized carbons (Fsp3) is 0.219. The molecule has 0 saturated heterocycles. The molecule has 220 valence electrons. The summed E-state index contributed by atoms with van der Waals surface area (Å²) in [5.74, 6) is -3.77. The predicted octanol–water partition coefficient (Wildman–Crippen LogP) is 7.83. The molecule has 1 atom stereocenters. The Balaban J connectivity index is 0.000000278. The van der Waals surface area contributed by atoms with Crippen LogP contribution in [0.4, 0.5) is 13.2 Å². The number of carbonyl (C=O) groups is 3. The summed E-state index contributed by atoms with van der Waals surface area (Å²) in [5, 5.41) is 25.1. The van der Waals surface area contributed by atoms with Crippen LogP contribution < -0.4 is 0 Å². The van der Waals surface area contributed by atoms with Crippen molar-refractivity contribution in [1.29, 1.82) is 0 Å². The zero-order chi connectivity index (χ0) is 30.5. The number of rotatable bonds is 3. The zero-order valence-electron chi connectivity index (χ0n) is 23.0. The van der Waals surface area contributed by atoms with Crippen LogP contribution in [0.5, 0.6) is 0 Å². The van der Waals surface area contributed by atoms with Gasteiger partial charge in [-0.05, 0) is 79.2 Å². The molecule has 2 aliphatic rings. The van der Waals surface area contributed by atoms with Crippen molar-refractivity contribution in [1.82, 2.24) is 0 Å². The fourth-order valence-electron chi connectivity index (χ4n) is 4.11. The minimum atomic E-state index is -1.04. The number of halogens is 3. The Hall–Kier alpha value is -3.95. The van der Waals surface area contributed by atoms with Crippen molar-refractivity contribution in [2.75, 3.05) is 0 Å². The summed E-state index contributed by atoms with van der Waals surface area (Å²) in [4.78, 5) is 30.6. The number of allylic oxidation sites excluding steroid dienone is 4. The van der Waals surface area contributed by atoms with Crippen molar-refractivity contribution in [3.63, 3.8) is 0 Å². The minimum absolute atomic E-state index is 0. The number of hydrogen-bond donors (Lipinski definition) is 3. The molecule has 42 heavy (non-hydrogen) atoms. The molecule has 6 nitrogen and oxygen atoms in total. The molecule has 5 rings (SSSR count). The summed E-state index contributed by atoms with van der Waals surface area (Å²) in [6.07, 6.45) is 8.95. The molecule has 10 heteroatoms. The Kier molecular flexibility index (Phi) is 15.3. The van der Waals surface area contributed by atoms with Gasteiger partial charge in [-0.3, -0.25) is 6.08 Å². The standard InChI is InChI=1S/C11H15.3C7H5FO2.Ti/c1-8-7-9(2)11-6-4-3-5-10(8)11;3*8-6-3-1-5(2-4-6)7(9)10;/h8H,3-6H2,1-2H3;3*1-4H,(H,9,10);/q-1;;;;. The number of hydrogen-bond acceptors (Lipinski definition) is 3. The monoisotopic (exact) mass is 615 g/mol. The van der Waals surface area contributed by atoms with Gasteiger partial charge in [0, 0.05) is 21.7 Å². The first-order valence-electron chi connectivity index (χ1n) is 12.7. The topological polar surface area (TPSA) is 112 Å². The van der Waals surface area contributed by atoms with Crippen molar-refractivity contribution in [2.24, 2.45) is 5.92 Å². The van der Waals surface area contributed by atoms with Crippen molar-refractivity contribution in [3.05, 3.63) is 130 Å². The SMILES string of the molecule is CC1=[C-]C(C)C2=C1CCCC2.O=C(O)c1ccc(F)cc1.O=C(O)c1ccc(F)cc1.O=C(O)c1ccc(F)cc1.[Ti]. The first kappa shape index (κ1) is 36.1. The van der Waals surface area contributed by atoms with Gasteiger partial charge < -0.3 is 15.3 Å². The molecule has 3 N–H and O–H groups in total. The number of aromatic carboxylic acids is 3. The summed E-state index contributed by atoms with van der Waals surface area (Å²) in [5.41, 5.74) is 5.06. The summed E-state index contributed by atoms with van der Waals surface area (Å²) in [7, 11) is 0. The van der Waals surface area contributed by atoms with Gasteiger partial charge in [-0.2, -0.15) is 11.1 Å². The van der Waals surface area contributed by atoms with E-state index in [-0.39, 0.29) is 38.4 Å². The maximum atomic E-state index is 12.2. The zero-order valence-corrected chi connectivity index (χ0v) is 24.6. The van der Waals surface area contributed by atoms with Crippen molar-refractivity contribution >= 4 is 17.9 Å². The van der Waals surface area contributed by atoms with E-state index in [1.807, 2.05) is 0 Å². The number of benzene rings is 3. The van der Waals surface area contributed by atoms with Gasteiger partial charge >= 0.3 is 17.9 Å². The van der Waals surface area contributed by atoms with E-state index in [9.17, 15) is 27.6 Å². The third kappa shape index (κ3) is 11.9. The molecule has 3 aromatic carbocycles. The van der Waals surface area contributed by atoms with Gasteiger partial charge in [-0.25, -0.2) is 33.1 Å². The second kappa shape index (κ2) is 17.8. The molecule has 0 fully saturated rings. The second-order valence-corrected chi connectivity index (χ2v) is 9.14. The van der Waals surface area contributed by atoms with E-state index in [0.717, 1.165) is 36.4 Å². The average Bonchev–Trinajstić information content (AvgIpc) is 3.24. The van der Waals surface area contributed by atoms with Crippen LogP contribution in [0.3, 0.4) is 0 Å². The summed E-state index contributed by atoms with van der Waals surface area (Å²) in [6, 6.07) is 14.0. The van der Waals surface area contributed by atoms with Crippen LogP contribution in [-0.2, 0) is 21.7 Å². The first-order valence-corrected chi connectivity index (χ1v) is 12.7. The van der Waals surface area contributed by atoms with Crippen LogP contribution in [0.2, 0.25) is 0 Å². The molecule has 0 aromatic heterocycles. The summed E-state index contributed by atoms with van der Waals surface area (Å²) < 4.78 is 36.5. The molecule has 0 radical (unpaired) electrons. The van der Waals surface area contributed by atoms with Crippen molar-refractivity contribution in [2.45, 2.75) is 39.5 Å². The average molecular weight is 615 g/mol. The molecule has 0 bridgehead atoms. The largest absolute Gasteiger partial charge is 0.478 e.